The summed E-state index contributed by atoms with van der Waals surface area (Å²) in [7, 11) is 0. The number of benzene rings is 1. The van der Waals surface area contributed by atoms with Crippen LogP contribution in [0.25, 0.3) is 11.4 Å². The molecule has 0 aliphatic carbocycles. The number of aryl methyl sites for hydroxylation is 1. The van der Waals surface area contributed by atoms with Gasteiger partial charge in [-0.1, -0.05) is 18.2 Å². The fourth-order valence-corrected chi connectivity index (χ4v) is 3.62. The number of nitrogens with one attached hydrogen (secondary N) is 2. The molecule has 7 nitrogen and oxygen atoms in total. The SMILES string of the molecule is Cc1cccnc1[C@H](C)Nc1nc(-c2ccc(C(N)=O)cc2)nc2c1CCNC2. The number of fused-ring (bicyclic) bond motifs is 1. The lowest BCUT2D eigenvalue weighted by Gasteiger charge is -2.23. The van der Waals surface area contributed by atoms with Crippen LogP contribution in [0, 0.1) is 6.92 Å². The van der Waals surface area contributed by atoms with Gasteiger partial charge in [0.25, 0.3) is 0 Å². The van der Waals surface area contributed by atoms with E-state index in [1.54, 1.807) is 12.1 Å². The van der Waals surface area contributed by atoms with Crippen molar-refractivity contribution < 1.29 is 4.79 Å². The summed E-state index contributed by atoms with van der Waals surface area (Å²) >= 11 is 0. The maximum Gasteiger partial charge on any atom is 0.248 e. The standard InChI is InChI=1S/C22H24N6O/c1-13-4-3-10-25-19(13)14(2)26-22-17-9-11-24-12-18(17)27-21(28-22)16-7-5-15(6-8-16)20(23)29/h3-8,10,14,24H,9,11-12H2,1-2H3,(H2,23,29)(H,26,27,28)/t14-/m0/s1. The highest BCUT2D eigenvalue weighted by molar-refractivity contribution is 5.93. The van der Waals surface area contributed by atoms with Crippen molar-refractivity contribution in [2.75, 3.05) is 11.9 Å². The molecule has 7 heteroatoms. The summed E-state index contributed by atoms with van der Waals surface area (Å²) in [4.78, 5) is 25.5. The van der Waals surface area contributed by atoms with Gasteiger partial charge < -0.3 is 16.4 Å². The number of primary amides is 1. The maximum atomic E-state index is 11.3. The lowest BCUT2D eigenvalue weighted by atomic mass is 10.0. The van der Waals surface area contributed by atoms with Gasteiger partial charge in [-0.05, 0) is 50.6 Å². The molecular weight excluding hydrogens is 364 g/mol. The van der Waals surface area contributed by atoms with Gasteiger partial charge in [-0.15, -0.1) is 0 Å². The highest BCUT2D eigenvalue weighted by Gasteiger charge is 2.20. The lowest BCUT2D eigenvalue weighted by Crippen LogP contribution is -2.27. The summed E-state index contributed by atoms with van der Waals surface area (Å²) in [6.07, 6.45) is 2.68. The van der Waals surface area contributed by atoms with E-state index in [0.717, 1.165) is 46.9 Å². The van der Waals surface area contributed by atoms with Crippen molar-refractivity contribution in [1.82, 2.24) is 20.3 Å². The molecule has 0 unspecified atom stereocenters. The zero-order chi connectivity index (χ0) is 20.4. The number of rotatable bonds is 5. The molecule has 0 saturated carbocycles. The fourth-order valence-electron chi connectivity index (χ4n) is 3.62. The maximum absolute atomic E-state index is 11.3. The van der Waals surface area contributed by atoms with Gasteiger partial charge in [0.2, 0.25) is 5.91 Å². The van der Waals surface area contributed by atoms with E-state index in [0.29, 0.717) is 17.9 Å². The van der Waals surface area contributed by atoms with Crippen molar-refractivity contribution in [3.8, 4) is 11.4 Å². The minimum atomic E-state index is -0.450. The Morgan fingerprint density at radius 1 is 1.21 bits per heavy atom. The van der Waals surface area contributed by atoms with Crippen LogP contribution in [-0.4, -0.2) is 27.4 Å². The molecule has 4 rings (SSSR count). The number of anilines is 1. The van der Waals surface area contributed by atoms with Crippen LogP contribution < -0.4 is 16.4 Å². The molecule has 3 heterocycles. The molecule has 0 spiro atoms. The molecule has 0 radical (unpaired) electrons. The van der Waals surface area contributed by atoms with Gasteiger partial charge in [-0.25, -0.2) is 9.97 Å². The second kappa shape index (κ2) is 7.97. The lowest BCUT2D eigenvalue weighted by molar-refractivity contribution is 0.100. The van der Waals surface area contributed by atoms with Crippen LogP contribution in [0.4, 0.5) is 5.82 Å². The molecule has 148 valence electrons. The Kier molecular flexibility index (Phi) is 5.22. The molecule has 0 bridgehead atoms. The second-order valence-electron chi connectivity index (χ2n) is 7.26. The smallest absolute Gasteiger partial charge is 0.248 e. The van der Waals surface area contributed by atoms with Crippen molar-refractivity contribution >= 4 is 11.7 Å². The second-order valence-corrected chi connectivity index (χ2v) is 7.26. The molecule has 1 aliphatic heterocycles. The first-order valence-corrected chi connectivity index (χ1v) is 9.71. The van der Waals surface area contributed by atoms with E-state index in [-0.39, 0.29) is 6.04 Å². The Labute approximate surface area is 169 Å². The molecule has 3 aromatic rings. The minimum Gasteiger partial charge on any atom is -0.366 e. The number of carbonyl (C=O) groups is 1. The van der Waals surface area contributed by atoms with Crippen molar-refractivity contribution in [2.45, 2.75) is 32.9 Å². The Balaban J connectivity index is 1.72. The van der Waals surface area contributed by atoms with Gasteiger partial charge in [-0.3, -0.25) is 9.78 Å². The first-order valence-electron chi connectivity index (χ1n) is 9.71. The molecule has 1 aliphatic rings. The van der Waals surface area contributed by atoms with E-state index in [4.69, 9.17) is 15.7 Å². The van der Waals surface area contributed by atoms with Gasteiger partial charge >= 0.3 is 0 Å². The Bertz CT molecular complexity index is 1050. The summed E-state index contributed by atoms with van der Waals surface area (Å²) < 4.78 is 0. The van der Waals surface area contributed by atoms with Crippen LogP contribution >= 0.6 is 0 Å². The van der Waals surface area contributed by atoms with Gasteiger partial charge in [-0.2, -0.15) is 0 Å². The number of carbonyl (C=O) groups excluding carboxylic acids is 1. The van der Waals surface area contributed by atoms with Crippen molar-refractivity contribution in [1.29, 1.82) is 0 Å². The molecule has 1 aromatic carbocycles. The average molecular weight is 388 g/mol. The molecule has 0 saturated heterocycles. The van der Waals surface area contributed by atoms with Crippen LogP contribution in [0.5, 0.6) is 0 Å². The normalized spacial score (nSPS) is 14.1. The summed E-state index contributed by atoms with van der Waals surface area (Å²) in [5, 5.41) is 6.92. The topological polar surface area (TPSA) is 106 Å². The van der Waals surface area contributed by atoms with Gasteiger partial charge in [0.05, 0.1) is 17.4 Å². The molecule has 1 atom stereocenters. The van der Waals surface area contributed by atoms with Gasteiger partial charge in [0, 0.05) is 29.4 Å². The Morgan fingerprint density at radius 3 is 2.72 bits per heavy atom. The summed E-state index contributed by atoms with van der Waals surface area (Å²) in [6, 6.07) is 11.1. The van der Waals surface area contributed by atoms with Crippen molar-refractivity contribution in [2.24, 2.45) is 5.73 Å². The average Bonchev–Trinajstić information content (AvgIpc) is 2.74. The number of aromatic nitrogens is 3. The zero-order valence-corrected chi connectivity index (χ0v) is 16.6. The Hall–Kier alpha value is -3.32. The first kappa shape index (κ1) is 19.0. The zero-order valence-electron chi connectivity index (χ0n) is 16.6. The molecular formula is C22H24N6O. The number of amides is 1. The largest absolute Gasteiger partial charge is 0.366 e. The van der Waals surface area contributed by atoms with E-state index < -0.39 is 5.91 Å². The monoisotopic (exact) mass is 388 g/mol. The molecule has 0 fully saturated rings. The van der Waals surface area contributed by atoms with Crippen LogP contribution in [0.15, 0.2) is 42.6 Å². The van der Waals surface area contributed by atoms with Crippen LogP contribution in [0.2, 0.25) is 0 Å². The Morgan fingerprint density at radius 2 is 2.00 bits per heavy atom. The minimum absolute atomic E-state index is 0.00942. The van der Waals surface area contributed by atoms with Crippen molar-refractivity contribution in [3.05, 3.63) is 70.7 Å². The third-order valence-electron chi connectivity index (χ3n) is 5.18. The number of nitrogens with two attached hydrogens (primary N) is 1. The molecule has 29 heavy (non-hydrogen) atoms. The van der Waals surface area contributed by atoms with Gasteiger partial charge in [0.15, 0.2) is 5.82 Å². The van der Waals surface area contributed by atoms with Crippen LogP contribution in [0.1, 0.15) is 45.8 Å². The fraction of sp³-hybridized carbons (Fsp3) is 0.273. The predicted octanol–water partition coefficient (Wildman–Crippen LogP) is 2.76. The first-order chi connectivity index (χ1) is 14.0. The van der Waals surface area contributed by atoms with Gasteiger partial charge in [0.1, 0.15) is 5.82 Å². The number of nitrogens with zero attached hydrogens (tertiary/aromatic N) is 3. The molecule has 4 N–H and O–H groups in total. The van der Waals surface area contributed by atoms with E-state index >= 15 is 0 Å². The highest BCUT2D eigenvalue weighted by atomic mass is 16.1. The predicted molar refractivity (Wildman–Crippen MR) is 112 cm³/mol. The van der Waals surface area contributed by atoms with Crippen molar-refractivity contribution in [3.63, 3.8) is 0 Å². The van der Waals surface area contributed by atoms with Crippen LogP contribution in [0.3, 0.4) is 0 Å². The third-order valence-corrected chi connectivity index (χ3v) is 5.18. The van der Waals surface area contributed by atoms with E-state index in [1.807, 2.05) is 24.4 Å². The summed E-state index contributed by atoms with van der Waals surface area (Å²) in [5.41, 5.74) is 10.9. The summed E-state index contributed by atoms with van der Waals surface area (Å²) in [5.74, 6) is 1.01. The van der Waals surface area contributed by atoms with Crippen LogP contribution in [-0.2, 0) is 13.0 Å². The summed E-state index contributed by atoms with van der Waals surface area (Å²) in [6.45, 7) is 5.75. The van der Waals surface area contributed by atoms with E-state index in [1.165, 1.54) is 0 Å². The number of hydrogen-bond acceptors (Lipinski definition) is 6. The number of hydrogen-bond donors (Lipinski definition) is 3. The highest BCUT2D eigenvalue weighted by Crippen LogP contribution is 2.28. The van der Waals surface area contributed by atoms with E-state index in [9.17, 15) is 4.79 Å². The molecule has 2 aromatic heterocycles. The number of pyridine rings is 1. The third kappa shape index (κ3) is 3.95. The quantitative estimate of drug-likeness (QED) is 0.621. The molecule has 1 amide bonds. The van der Waals surface area contributed by atoms with E-state index in [2.05, 4.69) is 35.5 Å².